The van der Waals surface area contributed by atoms with E-state index in [9.17, 15) is 20.1 Å². The van der Waals surface area contributed by atoms with Gasteiger partial charge in [0.25, 0.3) is 0 Å². The molecule has 0 bridgehead atoms. The predicted octanol–water partition coefficient (Wildman–Crippen LogP) is -0.160. The summed E-state index contributed by atoms with van der Waals surface area (Å²) < 4.78 is 7.02. The Labute approximate surface area is 178 Å². The number of aliphatic hydroxyl groups is 3. The number of hydrogen-bond acceptors (Lipinski definition) is 8. The number of piperazine rings is 1. The van der Waals surface area contributed by atoms with Gasteiger partial charge in [-0.2, -0.15) is 0 Å². The third kappa shape index (κ3) is 4.20. The lowest BCUT2D eigenvalue weighted by molar-refractivity contribution is -0.0549. The molecule has 10 heteroatoms. The zero-order valence-electron chi connectivity index (χ0n) is 16.4. The van der Waals surface area contributed by atoms with E-state index in [4.69, 9.17) is 17.0 Å². The van der Waals surface area contributed by atoms with Crippen LogP contribution in [-0.2, 0) is 11.3 Å². The Bertz CT molecular complexity index is 973. The summed E-state index contributed by atoms with van der Waals surface area (Å²) in [5.41, 5.74) is 1.39. The van der Waals surface area contributed by atoms with E-state index >= 15 is 0 Å². The average molecular weight is 435 g/mol. The van der Waals surface area contributed by atoms with Crippen LogP contribution in [0.2, 0.25) is 0 Å². The quantitative estimate of drug-likeness (QED) is 0.480. The van der Waals surface area contributed by atoms with Crippen LogP contribution in [0.5, 0.6) is 0 Å². The van der Waals surface area contributed by atoms with E-state index in [2.05, 4.69) is 26.9 Å². The SMILES string of the molecule is O=c1[nH]c(=S)c(N2CCN(Cc3ccccc3)CC2)cn1[C@H]1O[C@H](CO)[C@@H](O)[C@@H]1O. The molecule has 2 aliphatic rings. The van der Waals surface area contributed by atoms with Crippen molar-refractivity contribution in [2.45, 2.75) is 31.1 Å². The normalized spacial score (nSPS) is 27.5. The summed E-state index contributed by atoms with van der Waals surface area (Å²) in [6.07, 6.45) is -3.10. The molecule has 9 nitrogen and oxygen atoms in total. The van der Waals surface area contributed by atoms with Crippen molar-refractivity contribution in [2.75, 3.05) is 37.7 Å². The van der Waals surface area contributed by atoms with Crippen molar-refractivity contribution in [2.24, 2.45) is 0 Å². The zero-order valence-corrected chi connectivity index (χ0v) is 17.2. The van der Waals surface area contributed by atoms with Gasteiger partial charge in [-0.1, -0.05) is 42.5 Å². The van der Waals surface area contributed by atoms with Gasteiger partial charge in [-0.25, -0.2) is 4.79 Å². The van der Waals surface area contributed by atoms with E-state index in [0.717, 1.165) is 32.7 Å². The van der Waals surface area contributed by atoms with Crippen LogP contribution in [0.1, 0.15) is 11.8 Å². The number of nitrogens with one attached hydrogen (secondary N) is 1. The Kier molecular flexibility index (Phi) is 6.32. The van der Waals surface area contributed by atoms with Gasteiger partial charge in [0.15, 0.2) is 6.23 Å². The van der Waals surface area contributed by atoms with Crippen molar-refractivity contribution in [3.05, 3.63) is 57.2 Å². The molecule has 162 valence electrons. The highest BCUT2D eigenvalue weighted by atomic mass is 32.1. The molecule has 1 aromatic carbocycles. The Morgan fingerprint density at radius 2 is 1.80 bits per heavy atom. The van der Waals surface area contributed by atoms with Crippen molar-refractivity contribution >= 4 is 17.9 Å². The molecule has 0 spiro atoms. The molecular formula is C20H26N4O5S. The second-order valence-corrected chi connectivity index (χ2v) is 8.07. The van der Waals surface area contributed by atoms with E-state index in [1.165, 1.54) is 10.1 Å². The Morgan fingerprint density at radius 1 is 1.10 bits per heavy atom. The number of benzene rings is 1. The van der Waals surface area contributed by atoms with E-state index < -0.39 is 36.8 Å². The topological polar surface area (TPSA) is 114 Å². The number of nitrogens with zero attached hydrogens (tertiary/aromatic N) is 3. The first-order valence-corrected chi connectivity index (χ1v) is 10.4. The monoisotopic (exact) mass is 434 g/mol. The van der Waals surface area contributed by atoms with E-state index in [1.807, 2.05) is 18.2 Å². The first-order chi connectivity index (χ1) is 14.5. The summed E-state index contributed by atoms with van der Waals surface area (Å²) >= 11 is 5.37. The molecule has 4 N–H and O–H groups in total. The second-order valence-electron chi connectivity index (χ2n) is 7.66. The van der Waals surface area contributed by atoms with Gasteiger partial charge in [0, 0.05) is 38.9 Å². The summed E-state index contributed by atoms with van der Waals surface area (Å²) in [4.78, 5) is 19.5. The van der Waals surface area contributed by atoms with Gasteiger partial charge in [0.1, 0.15) is 23.0 Å². The van der Waals surface area contributed by atoms with E-state index in [-0.39, 0.29) is 0 Å². The number of H-pyrrole nitrogens is 1. The van der Waals surface area contributed by atoms with Crippen LogP contribution < -0.4 is 10.6 Å². The van der Waals surface area contributed by atoms with Gasteiger partial charge >= 0.3 is 5.69 Å². The molecule has 4 rings (SSSR count). The summed E-state index contributed by atoms with van der Waals surface area (Å²) in [7, 11) is 0. The number of ether oxygens (including phenoxy) is 1. The van der Waals surface area contributed by atoms with Gasteiger partial charge in [-0.15, -0.1) is 0 Å². The molecule has 0 unspecified atom stereocenters. The number of rotatable bonds is 5. The number of aromatic amines is 1. The summed E-state index contributed by atoms with van der Waals surface area (Å²) in [6.45, 7) is 3.58. The van der Waals surface area contributed by atoms with Crippen molar-refractivity contribution < 1.29 is 20.1 Å². The number of anilines is 1. The smallest absolute Gasteiger partial charge is 0.328 e. The molecule has 2 aromatic rings. The molecule has 0 amide bonds. The first kappa shape index (κ1) is 21.2. The molecule has 0 radical (unpaired) electrons. The fraction of sp³-hybridized carbons (Fsp3) is 0.500. The molecule has 2 fully saturated rings. The van der Waals surface area contributed by atoms with Crippen LogP contribution in [0.4, 0.5) is 5.69 Å². The minimum absolute atomic E-state index is 0.319. The summed E-state index contributed by atoms with van der Waals surface area (Å²) in [5, 5.41) is 29.6. The number of aromatic nitrogens is 2. The molecule has 30 heavy (non-hydrogen) atoms. The number of aliphatic hydroxyl groups excluding tert-OH is 3. The van der Waals surface area contributed by atoms with Crippen LogP contribution in [0.25, 0.3) is 0 Å². The minimum atomic E-state index is -1.33. The standard InChI is InChI=1S/C20H26N4O5S/c25-12-15-16(26)17(27)19(29-15)24-11-14(18(30)21-20(24)28)23-8-6-22(7-9-23)10-13-4-2-1-3-5-13/h1-5,11,15-17,19,25-27H,6-10,12H2,(H,21,28,30)/t15-,16-,17+,19+/m1/s1. The lowest BCUT2D eigenvalue weighted by Gasteiger charge is -2.36. The van der Waals surface area contributed by atoms with Crippen LogP contribution in [0.15, 0.2) is 41.3 Å². The van der Waals surface area contributed by atoms with Crippen LogP contribution >= 0.6 is 12.2 Å². The maximum atomic E-state index is 12.4. The highest BCUT2D eigenvalue weighted by Gasteiger charge is 2.44. The van der Waals surface area contributed by atoms with Gasteiger partial charge in [-0.3, -0.25) is 14.5 Å². The van der Waals surface area contributed by atoms with Crippen LogP contribution in [-0.4, -0.2) is 80.9 Å². The fourth-order valence-electron chi connectivity index (χ4n) is 3.99. The van der Waals surface area contributed by atoms with Crippen molar-refractivity contribution in [3.8, 4) is 0 Å². The molecular weight excluding hydrogens is 408 g/mol. The largest absolute Gasteiger partial charge is 0.394 e. The van der Waals surface area contributed by atoms with Crippen molar-refractivity contribution in [1.82, 2.24) is 14.5 Å². The van der Waals surface area contributed by atoms with E-state index in [0.29, 0.717) is 10.3 Å². The van der Waals surface area contributed by atoms with Crippen molar-refractivity contribution in [3.63, 3.8) is 0 Å². The lowest BCUT2D eigenvalue weighted by atomic mass is 10.1. The Morgan fingerprint density at radius 3 is 2.43 bits per heavy atom. The lowest BCUT2D eigenvalue weighted by Crippen LogP contribution is -2.46. The van der Waals surface area contributed by atoms with Gasteiger partial charge < -0.3 is 25.0 Å². The highest BCUT2D eigenvalue weighted by molar-refractivity contribution is 7.71. The predicted molar refractivity (Wildman–Crippen MR) is 113 cm³/mol. The van der Waals surface area contributed by atoms with Gasteiger partial charge in [-0.05, 0) is 5.56 Å². The van der Waals surface area contributed by atoms with Gasteiger partial charge in [0.2, 0.25) is 0 Å². The molecule has 1 aromatic heterocycles. The molecule has 0 saturated carbocycles. The van der Waals surface area contributed by atoms with Crippen LogP contribution in [0, 0.1) is 4.64 Å². The van der Waals surface area contributed by atoms with Crippen LogP contribution in [0.3, 0.4) is 0 Å². The Balaban J connectivity index is 1.50. The highest BCUT2D eigenvalue weighted by Crippen LogP contribution is 2.29. The molecule has 2 saturated heterocycles. The van der Waals surface area contributed by atoms with E-state index in [1.54, 1.807) is 6.20 Å². The average Bonchev–Trinajstić information content (AvgIpc) is 3.04. The zero-order chi connectivity index (χ0) is 21.3. The maximum Gasteiger partial charge on any atom is 0.328 e. The van der Waals surface area contributed by atoms with Gasteiger partial charge in [0.05, 0.1) is 12.3 Å². The third-order valence-electron chi connectivity index (χ3n) is 5.70. The molecule has 4 atom stereocenters. The van der Waals surface area contributed by atoms with Crippen molar-refractivity contribution in [1.29, 1.82) is 0 Å². The summed E-state index contributed by atoms with van der Waals surface area (Å²) in [6, 6.07) is 10.3. The first-order valence-electron chi connectivity index (χ1n) is 9.97. The maximum absolute atomic E-state index is 12.4. The third-order valence-corrected chi connectivity index (χ3v) is 6.01. The second kappa shape index (κ2) is 8.96. The molecule has 0 aliphatic carbocycles. The fourth-order valence-corrected chi connectivity index (χ4v) is 4.26. The minimum Gasteiger partial charge on any atom is -0.394 e. The summed E-state index contributed by atoms with van der Waals surface area (Å²) in [5.74, 6) is 0. The molecule has 3 heterocycles. The molecule has 2 aliphatic heterocycles. The number of hydrogen-bond donors (Lipinski definition) is 4. The Hall–Kier alpha value is -2.08.